The molecule has 0 saturated carbocycles. The van der Waals surface area contributed by atoms with Crippen molar-refractivity contribution in [2.45, 2.75) is 13.0 Å². The molecular formula is C19H18BrFN4O4S2. The van der Waals surface area contributed by atoms with Crippen LogP contribution < -0.4 is 0 Å². The van der Waals surface area contributed by atoms with E-state index in [-0.39, 0.29) is 24.6 Å². The molecule has 0 spiro atoms. The average molecular weight is 529 g/mol. The van der Waals surface area contributed by atoms with Gasteiger partial charge in [0.25, 0.3) is 0 Å². The third-order valence-corrected chi connectivity index (χ3v) is 8.05. The molecule has 0 amide bonds. The number of aromatic nitrogens is 1. The fraction of sp³-hybridized carbons (Fsp3) is 0.316. The molecule has 1 atom stereocenters. The summed E-state index contributed by atoms with van der Waals surface area (Å²) in [5.41, 5.74) is 1.25. The molecule has 2 aromatic rings. The van der Waals surface area contributed by atoms with Gasteiger partial charge in [0.2, 0.25) is 10.0 Å². The summed E-state index contributed by atoms with van der Waals surface area (Å²) < 4.78 is 45.9. The van der Waals surface area contributed by atoms with Gasteiger partial charge in [-0.3, -0.25) is 4.99 Å². The molecule has 2 aliphatic rings. The summed E-state index contributed by atoms with van der Waals surface area (Å²) in [7, 11) is -2.14. The molecule has 2 aliphatic heterocycles. The number of thiazole rings is 1. The third kappa shape index (κ3) is 4.04. The van der Waals surface area contributed by atoms with Crippen molar-refractivity contribution in [3.05, 3.63) is 61.9 Å². The van der Waals surface area contributed by atoms with Gasteiger partial charge in [0.1, 0.15) is 17.7 Å². The molecule has 0 unspecified atom stereocenters. The maximum absolute atomic E-state index is 13.7. The van der Waals surface area contributed by atoms with Crippen LogP contribution in [0.4, 0.5) is 4.39 Å². The van der Waals surface area contributed by atoms with Crippen LogP contribution in [0, 0.1) is 5.82 Å². The van der Waals surface area contributed by atoms with Gasteiger partial charge in [-0.15, -0.1) is 11.3 Å². The highest BCUT2D eigenvalue weighted by atomic mass is 79.9. The number of benzene rings is 1. The van der Waals surface area contributed by atoms with Gasteiger partial charge >= 0.3 is 5.97 Å². The third-order valence-electron chi connectivity index (χ3n) is 4.93. The van der Waals surface area contributed by atoms with Gasteiger partial charge in [0.05, 0.1) is 18.7 Å². The first-order chi connectivity index (χ1) is 14.7. The standard InChI is InChI=1S/C19H18BrFN4O4S2/c1-3-29-19(26)15-14-9-24(2)31(27,28)10-25(14)17(18-22-6-7-30-18)23-16(15)12-5-4-11(21)8-13(12)20/h4-8,16H,3,9-10H2,1-2H3/t16-/m0/s1. The van der Waals surface area contributed by atoms with Crippen molar-refractivity contribution in [1.82, 2.24) is 14.2 Å². The summed E-state index contributed by atoms with van der Waals surface area (Å²) in [5.74, 6) is -1.07. The molecule has 164 valence electrons. The topological polar surface area (TPSA) is 92.2 Å². The fourth-order valence-corrected chi connectivity index (χ4v) is 5.79. The van der Waals surface area contributed by atoms with E-state index >= 15 is 0 Å². The lowest BCUT2D eigenvalue weighted by molar-refractivity contribution is -0.139. The number of nitrogens with zero attached hydrogens (tertiary/aromatic N) is 4. The number of hydrogen-bond donors (Lipinski definition) is 0. The van der Waals surface area contributed by atoms with Crippen LogP contribution in [0.5, 0.6) is 0 Å². The second-order valence-electron chi connectivity index (χ2n) is 6.86. The second kappa shape index (κ2) is 8.41. The number of likely N-dealkylation sites (N-methyl/N-ethyl adjacent to an activating group) is 1. The number of rotatable bonds is 4. The van der Waals surface area contributed by atoms with Crippen molar-refractivity contribution < 1.29 is 22.3 Å². The molecule has 3 heterocycles. The molecule has 31 heavy (non-hydrogen) atoms. The van der Waals surface area contributed by atoms with Gasteiger partial charge in [-0.2, -0.15) is 4.31 Å². The van der Waals surface area contributed by atoms with E-state index in [1.54, 1.807) is 24.6 Å². The second-order valence-corrected chi connectivity index (χ2v) is 10.7. The number of fused-ring (bicyclic) bond motifs is 1. The summed E-state index contributed by atoms with van der Waals surface area (Å²) in [6.07, 6.45) is 1.60. The largest absolute Gasteiger partial charge is 0.463 e. The molecule has 0 radical (unpaired) electrons. The zero-order chi connectivity index (χ0) is 22.3. The molecule has 0 N–H and O–H groups in total. The Morgan fingerprint density at radius 3 is 2.84 bits per heavy atom. The smallest absolute Gasteiger partial charge is 0.338 e. The molecule has 1 saturated heterocycles. The number of hydrogen-bond acceptors (Lipinski definition) is 8. The Hall–Kier alpha value is -2.15. The van der Waals surface area contributed by atoms with Crippen LogP contribution in [0.15, 0.2) is 50.5 Å². The Bertz CT molecular complexity index is 1200. The van der Waals surface area contributed by atoms with Crippen LogP contribution in [0.25, 0.3) is 0 Å². The van der Waals surface area contributed by atoms with Crippen molar-refractivity contribution in [1.29, 1.82) is 0 Å². The van der Waals surface area contributed by atoms with Crippen molar-refractivity contribution in [3.8, 4) is 0 Å². The number of sulfonamides is 1. The number of aliphatic imine (C=N–C) groups is 1. The zero-order valence-corrected chi connectivity index (χ0v) is 19.8. The molecule has 1 aromatic carbocycles. The van der Waals surface area contributed by atoms with Gasteiger partial charge in [0, 0.05) is 28.8 Å². The fourth-order valence-electron chi connectivity index (χ4n) is 3.46. The van der Waals surface area contributed by atoms with E-state index in [9.17, 15) is 17.6 Å². The highest BCUT2D eigenvalue weighted by molar-refractivity contribution is 9.10. The average Bonchev–Trinajstić information content (AvgIpc) is 3.22. The predicted molar refractivity (Wildman–Crippen MR) is 117 cm³/mol. The lowest BCUT2D eigenvalue weighted by Crippen LogP contribution is -2.52. The molecule has 0 aliphatic carbocycles. The first-order valence-corrected chi connectivity index (χ1v) is 12.6. The lowest BCUT2D eigenvalue weighted by Gasteiger charge is -2.40. The van der Waals surface area contributed by atoms with Crippen LogP contribution >= 0.6 is 27.3 Å². The van der Waals surface area contributed by atoms with Gasteiger partial charge in [-0.05, 0) is 24.6 Å². The van der Waals surface area contributed by atoms with E-state index in [4.69, 9.17) is 9.73 Å². The van der Waals surface area contributed by atoms with Gasteiger partial charge in [-0.25, -0.2) is 22.6 Å². The minimum absolute atomic E-state index is 0.0316. The molecule has 1 aromatic heterocycles. The predicted octanol–water partition coefficient (Wildman–Crippen LogP) is 2.90. The van der Waals surface area contributed by atoms with E-state index < -0.39 is 27.9 Å². The number of ether oxygens (including phenoxy) is 1. The minimum Gasteiger partial charge on any atom is -0.463 e. The normalized spacial score (nSPS) is 21.0. The highest BCUT2D eigenvalue weighted by Crippen LogP contribution is 2.41. The number of carbonyl (C=O) groups is 1. The van der Waals surface area contributed by atoms with Crippen LogP contribution in [-0.2, 0) is 19.6 Å². The molecule has 0 bridgehead atoms. The van der Waals surface area contributed by atoms with Crippen molar-refractivity contribution in [3.63, 3.8) is 0 Å². The molecule has 1 fully saturated rings. The number of esters is 1. The summed E-state index contributed by atoms with van der Waals surface area (Å²) in [6.45, 7) is 1.80. The maximum Gasteiger partial charge on any atom is 0.338 e. The molecule has 4 rings (SSSR count). The lowest BCUT2D eigenvalue weighted by atomic mass is 9.94. The molecule has 8 nitrogen and oxygen atoms in total. The Labute approximate surface area is 191 Å². The quantitative estimate of drug-likeness (QED) is 0.566. The first kappa shape index (κ1) is 22.1. The summed E-state index contributed by atoms with van der Waals surface area (Å²) in [5, 5.41) is 2.28. The highest BCUT2D eigenvalue weighted by Gasteiger charge is 2.43. The molecular weight excluding hydrogens is 511 g/mol. The zero-order valence-electron chi connectivity index (χ0n) is 16.6. The first-order valence-electron chi connectivity index (χ1n) is 9.27. The Morgan fingerprint density at radius 2 is 2.19 bits per heavy atom. The van der Waals surface area contributed by atoms with Crippen LogP contribution in [-0.4, -0.2) is 60.5 Å². The van der Waals surface area contributed by atoms with E-state index in [0.717, 1.165) is 0 Å². The van der Waals surface area contributed by atoms with Crippen LogP contribution in [0.1, 0.15) is 23.5 Å². The van der Waals surface area contributed by atoms with E-state index in [2.05, 4.69) is 20.9 Å². The summed E-state index contributed by atoms with van der Waals surface area (Å²) in [6, 6.07) is 3.31. The van der Waals surface area contributed by atoms with E-state index in [0.29, 0.717) is 26.6 Å². The van der Waals surface area contributed by atoms with E-state index in [1.165, 1.54) is 39.7 Å². The summed E-state index contributed by atoms with van der Waals surface area (Å²) in [4.78, 5) is 23.6. The van der Waals surface area contributed by atoms with Gasteiger partial charge in [0.15, 0.2) is 10.8 Å². The van der Waals surface area contributed by atoms with Crippen LogP contribution in [0.3, 0.4) is 0 Å². The Kier molecular flexibility index (Phi) is 5.99. The van der Waals surface area contributed by atoms with Crippen molar-refractivity contribution >= 4 is 49.1 Å². The van der Waals surface area contributed by atoms with Crippen molar-refractivity contribution in [2.75, 3.05) is 26.1 Å². The molecule has 12 heteroatoms. The van der Waals surface area contributed by atoms with Crippen molar-refractivity contribution in [2.24, 2.45) is 4.99 Å². The van der Waals surface area contributed by atoms with Crippen LogP contribution in [0.2, 0.25) is 0 Å². The monoisotopic (exact) mass is 528 g/mol. The van der Waals surface area contributed by atoms with Gasteiger partial charge in [-0.1, -0.05) is 22.0 Å². The number of halogens is 2. The maximum atomic E-state index is 13.7. The SMILES string of the molecule is CCOC(=O)C1=C2CN(C)S(=O)(=O)CN2C(c2nccs2)=N[C@H]1c1ccc(F)cc1Br. The minimum atomic E-state index is -3.60. The summed E-state index contributed by atoms with van der Waals surface area (Å²) >= 11 is 4.68. The Morgan fingerprint density at radius 1 is 1.42 bits per heavy atom. The van der Waals surface area contributed by atoms with E-state index in [1.807, 2.05) is 0 Å². The van der Waals surface area contributed by atoms with Gasteiger partial charge < -0.3 is 9.64 Å². The number of amidine groups is 1. The number of carbonyl (C=O) groups excluding carboxylic acids is 1. The Balaban J connectivity index is 1.97.